The van der Waals surface area contributed by atoms with Crippen LogP contribution in [0.4, 0.5) is 0 Å². The Labute approximate surface area is 123 Å². The van der Waals surface area contributed by atoms with Gasteiger partial charge in [0, 0.05) is 6.04 Å². The molecular formula is C17H30N2O. The molecule has 2 atom stereocenters. The standard InChI is InChI=1S/C17H30N2O/c1-2-15(13-8-4-3-5-9-13)19-16(20)12-18-17(19)14-10-6-7-11-14/h13-15,17-18H,2-12H2,1H3. The second-order valence-corrected chi connectivity index (χ2v) is 7.04. The first kappa shape index (κ1) is 14.4. The average Bonchev–Trinajstić information content (AvgIpc) is 3.12. The number of rotatable bonds is 4. The third kappa shape index (κ3) is 2.74. The molecule has 3 aliphatic rings. The highest BCUT2D eigenvalue weighted by atomic mass is 16.2. The Morgan fingerprint density at radius 1 is 1.10 bits per heavy atom. The quantitative estimate of drug-likeness (QED) is 0.856. The Bertz CT molecular complexity index is 332. The molecule has 0 aromatic heterocycles. The van der Waals surface area contributed by atoms with Gasteiger partial charge in [0.15, 0.2) is 0 Å². The molecule has 3 rings (SSSR count). The summed E-state index contributed by atoms with van der Waals surface area (Å²) in [6.07, 6.45) is 13.6. The molecule has 20 heavy (non-hydrogen) atoms. The average molecular weight is 278 g/mol. The largest absolute Gasteiger partial charge is 0.323 e. The molecule has 2 saturated carbocycles. The van der Waals surface area contributed by atoms with Crippen molar-refractivity contribution in [3.05, 3.63) is 0 Å². The van der Waals surface area contributed by atoms with Crippen LogP contribution in [0, 0.1) is 11.8 Å². The summed E-state index contributed by atoms with van der Waals surface area (Å²) in [5, 5.41) is 3.53. The van der Waals surface area contributed by atoms with Gasteiger partial charge >= 0.3 is 0 Å². The SMILES string of the molecule is CCC(C1CCCCC1)N1C(=O)CNC1C1CCCC1. The van der Waals surface area contributed by atoms with Crippen molar-refractivity contribution in [2.45, 2.75) is 83.3 Å². The number of carbonyl (C=O) groups is 1. The van der Waals surface area contributed by atoms with E-state index in [9.17, 15) is 4.79 Å². The summed E-state index contributed by atoms with van der Waals surface area (Å²) < 4.78 is 0. The van der Waals surface area contributed by atoms with Crippen LogP contribution in [-0.4, -0.2) is 29.6 Å². The zero-order valence-electron chi connectivity index (χ0n) is 12.9. The molecule has 0 spiro atoms. The topological polar surface area (TPSA) is 32.3 Å². The highest BCUT2D eigenvalue weighted by Gasteiger charge is 2.42. The van der Waals surface area contributed by atoms with Gasteiger partial charge in [-0.3, -0.25) is 10.1 Å². The number of hydrogen-bond donors (Lipinski definition) is 1. The number of nitrogens with zero attached hydrogens (tertiary/aromatic N) is 1. The van der Waals surface area contributed by atoms with Crippen molar-refractivity contribution >= 4 is 5.91 Å². The van der Waals surface area contributed by atoms with Crippen molar-refractivity contribution in [2.24, 2.45) is 11.8 Å². The van der Waals surface area contributed by atoms with E-state index >= 15 is 0 Å². The van der Waals surface area contributed by atoms with Gasteiger partial charge in [0.05, 0.1) is 12.7 Å². The third-order valence-corrected chi connectivity index (χ3v) is 5.87. The van der Waals surface area contributed by atoms with Crippen LogP contribution in [0.2, 0.25) is 0 Å². The molecule has 1 N–H and O–H groups in total. The molecule has 3 fully saturated rings. The first-order chi connectivity index (χ1) is 9.81. The van der Waals surface area contributed by atoms with Crippen molar-refractivity contribution in [2.75, 3.05) is 6.54 Å². The number of nitrogens with one attached hydrogen (secondary N) is 1. The van der Waals surface area contributed by atoms with Crippen LogP contribution in [0.3, 0.4) is 0 Å². The maximum absolute atomic E-state index is 12.4. The minimum absolute atomic E-state index is 0.344. The summed E-state index contributed by atoms with van der Waals surface area (Å²) in [6, 6.07) is 0.489. The van der Waals surface area contributed by atoms with E-state index in [-0.39, 0.29) is 0 Å². The summed E-state index contributed by atoms with van der Waals surface area (Å²) in [7, 11) is 0. The summed E-state index contributed by atoms with van der Waals surface area (Å²) in [5.74, 6) is 1.82. The van der Waals surface area contributed by atoms with Crippen molar-refractivity contribution in [1.29, 1.82) is 0 Å². The molecule has 2 unspecified atom stereocenters. The number of carbonyl (C=O) groups excluding carboxylic acids is 1. The van der Waals surface area contributed by atoms with Crippen LogP contribution in [0.1, 0.15) is 71.1 Å². The Morgan fingerprint density at radius 2 is 1.75 bits per heavy atom. The van der Waals surface area contributed by atoms with Crippen LogP contribution in [0.15, 0.2) is 0 Å². The van der Waals surface area contributed by atoms with Crippen LogP contribution >= 0.6 is 0 Å². The van der Waals surface area contributed by atoms with E-state index in [2.05, 4.69) is 17.1 Å². The lowest BCUT2D eigenvalue weighted by Gasteiger charge is -2.41. The summed E-state index contributed by atoms with van der Waals surface area (Å²) in [6.45, 7) is 2.85. The van der Waals surface area contributed by atoms with Crippen LogP contribution in [-0.2, 0) is 4.79 Å². The molecule has 0 aromatic carbocycles. The maximum atomic E-state index is 12.4. The second kappa shape index (κ2) is 6.46. The molecule has 3 nitrogen and oxygen atoms in total. The maximum Gasteiger partial charge on any atom is 0.238 e. The van der Waals surface area contributed by atoms with E-state index < -0.39 is 0 Å². The van der Waals surface area contributed by atoms with Crippen molar-refractivity contribution in [3.63, 3.8) is 0 Å². The Hall–Kier alpha value is -0.570. The van der Waals surface area contributed by atoms with E-state index in [1.807, 2.05) is 0 Å². The van der Waals surface area contributed by atoms with Gasteiger partial charge in [0.1, 0.15) is 0 Å². The van der Waals surface area contributed by atoms with Gasteiger partial charge in [-0.1, -0.05) is 39.0 Å². The lowest BCUT2D eigenvalue weighted by atomic mass is 9.81. The molecule has 0 bridgehead atoms. The Balaban J connectivity index is 1.74. The molecule has 2 aliphatic carbocycles. The Kier molecular flexibility index (Phi) is 4.65. The normalized spacial score (nSPS) is 31.1. The number of hydrogen-bond acceptors (Lipinski definition) is 2. The smallest absolute Gasteiger partial charge is 0.238 e. The van der Waals surface area contributed by atoms with E-state index in [0.717, 1.165) is 12.3 Å². The minimum atomic E-state index is 0.344. The number of amides is 1. The highest BCUT2D eigenvalue weighted by Crippen LogP contribution is 2.36. The van der Waals surface area contributed by atoms with Gasteiger partial charge in [0.25, 0.3) is 0 Å². The van der Waals surface area contributed by atoms with Gasteiger partial charge < -0.3 is 4.90 Å². The Morgan fingerprint density at radius 3 is 2.40 bits per heavy atom. The molecule has 1 heterocycles. The van der Waals surface area contributed by atoms with Gasteiger partial charge in [-0.15, -0.1) is 0 Å². The van der Waals surface area contributed by atoms with Crippen LogP contribution < -0.4 is 5.32 Å². The van der Waals surface area contributed by atoms with Crippen molar-refractivity contribution < 1.29 is 4.79 Å². The molecule has 0 radical (unpaired) electrons. The van der Waals surface area contributed by atoms with E-state index in [4.69, 9.17) is 0 Å². The predicted octanol–water partition coefficient (Wildman–Crippen LogP) is 3.29. The molecule has 3 heteroatoms. The van der Waals surface area contributed by atoms with Gasteiger partial charge in [-0.05, 0) is 43.9 Å². The lowest BCUT2D eigenvalue weighted by Crippen LogP contribution is -2.51. The lowest BCUT2D eigenvalue weighted by molar-refractivity contribution is -0.132. The molecule has 1 amide bonds. The molecule has 114 valence electrons. The third-order valence-electron chi connectivity index (χ3n) is 5.87. The van der Waals surface area contributed by atoms with E-state index in [0.29, 0.717) is 30.6 Å². The summed E-state index contributed by atoms with van der Waals surface area (Å²) in [5.41, 5.74) is 0. The van der Waals surface area contributed by atoms with Crippen LogP contribution in [0.25, 0.3) is 0 Å². The molecular weight excluding hydrogens is 248 g/mol. The highest BCUT2D eigenvalue weighted by molar-refractivity contribution is 5.81. The first-order valence-corrected chi connectivity index (χ1v) is 8.85. The van der Waals surface area contributed by atoms with Crippen LogP contribution in [0.5, 0.6) is 0 Å². The zero-order valence-corrected chi connectivity index (χ0v) is 12.9. The fourth-order valence-corrected chi connectivity index (χ4v) is 4.87. The van der Waals surface area contributed by atoms with Crippen molar-refractivity contribution in [3.8, 4) is 0 Å². The minimum Gasteiger partial charge on any atom is -0.323 e. The van der Waals surface area contributed by atoms with E-state index in [1.165, 1.54) is 57.8 Å². The fraction of sp³-hybridized carbons (Fsp3) is 0.941. The zero-order chi connectivity index (χ0) is 13.9. The second-order valence-electron chi connectivity index (χ2n) is 7.04. The molecule has 0 aromatic rings. The fourth-order valence-electron chi connectivity index (χ4n) is 4.87. The van der Waals surface area contributed by atoms with Crippen molar-refractivity contribution in [1.82, 2.24) is 10.2 Å². The van der Waals surface area contributed by atoms with Gasteiger partial charge in [-0.25, -0.2) is 0 Å². The summed E-state index contributed by atoms with van der Waals surface area (Å²) >= 11 is 0. The van der Waals surface area contributed by atoms with E-state index in [1.54, 1.807) is 0 Å². The summed E-state index contributed by atoms with van der Waals surface area (Å²) in [4.78, 5) is 14.7. The van der Waals surface area contributed by atoms with Gasteiger partial charge in [0.2, 0.25) is 5.91 Å². The predicted molar refractivity (Wildman–Crippen MR) is 81.2 cm³/mol. The first-order valence-electron chi connectivity index (χ1n) is 8.85. The molecule has 1 saturated heterocycles. The monoisotopic (exact) mass is 278 g/mol. The van der Waals surface area contributed by atoms with Gasteiger partial charge in [-0.2, -0.15) is 0 Å². The molecule has 1 aliphatic heterocycles.